The second-order valence-electron chi connectivity index (χ2n) is 5.60. The summed E-state index contributed by atoms with van der Waals surface area (Å²) in [5, 5.41) is 8.39. The van der Waals surface area contributed by atoms with Crippen LogP contribution in [0.25, 0.3) is 0 Å². The zero-order valence-electron chi connectivity index (χ0n) is 13.9. The van der Waals surface area contributed by atoms with Crippen molar-refractivity contribution in [1.82, 2.24) is 10.2 Å². The van der Waals surface area contributed by atoms with Crippen LogP contribution in [0.2, 0.25) is 0 Å². The molecule has 0 aliphatic heterocycles. The lowest BCUT2D eigenvalue weighted by atomic mass is 10.0. The van der Waals surface area contributed by atoms with Gasteiger partial charge in [-0.05, 0) is 53.4 Å². The Labute approximate surface area is 142 Å². The Hall–Kier alpha value is -2.88. The Kier molecular flexibility index (Phi) is 5.06. The topological polar surface area (TPSA) is 44.2 Å². The van der Waals surface area contributed by atoms with E-state index >= 15 is 0 Å². The van der Waals surface area contributed by atoms with Crippen molar-refractivity contribution in [2.75, 3.05) is 14.2 Å². The molecule has 0 fully saturated rings. The van der Waals surface area contributed by atoms with Crippen LogP contribution < -0.4 is 9.47 Å². The Balaban J connectivity index is 1.70. The van der Waals surface area contributed by atoms with Crippen LogP contribution in [0.1, 0.15) is 22.4 Å². The maximum atomic E-state index is 5.19. The van der Waals surface area contributed by atoms with Gasteiger partial charge >= 0.3 is 0 Å². The number of hydrogen-bond donors (Lipinski definition) is 0. The Morgan fingerprint density at radius 2 is 1.25 bits per heavy atom. The van der Waals surface area contributed by atoms with Crippen molar-refractivity contribution in [2.24, 2.45) is 0 Å². The van der Waals surface area contributed by atoms with Gasteiger partial charge in [-0.15, -0.1) is 0 Å². The highest BCUT2D eigenvalue weighted by atomic mass is 16.5. The third-order valence-corrected chi connectivity index (χ3v) is 3.87. The molecule has 4 nitrogen and oxygen atoms in total. The Morgan fingerprint density at radius 1 is 0.708 bits per heavy atom. The molecule has 2 aromatic carbocycles. The third kappa shape index (κ3) is 4.10. The van der Waals surface area contributed by atoms with Gasteiger partial charge in [0.25, 0.3) is 0 Å². The van der Waals surface area contributed by atoms with E-state index in [9.17, 15) is 0 Å². The SMILES string of the molecule is COc1ccc(Cc2cnnc(Cc3ccc(OC)cc3)c2)cc1. The molecular formula is C20H20N2O2. The molecular weight excluding hydrogens is 300 g/mol. The number of benzene rings is 2. The van der Waals surface area contributed by atoms with E-state index in [-0.39, 0.29) is 0 Å². The number of hydrogen-bond acceptors (Lipinski definition) is 4. The maximum Gasteiger partial charge on any atom is 0.118 e. The fourth-order valence-electron chi connectivity index (χ4n) is 2.57. The summed E-state index contributed by atoms with van der Waals surface area (Å²) in [4.78, 5) is 0. The summed E-state index contributed by atoms with van der Waals surface area (Å²) in [5.74, 6) is 1.73. The number of rotatable bonds is 6. The summed E-state index contributed by atoms with van der Waals surface area (Å²) >= 11 is 0. The molecule has 122 valence electrons. The predicted octanol–water partition coefficient (Wildman–Crippen LogP) is 3.68. The van der Waals surface area contributed by atoms with Crippen molar-refractivity contribution >= 4 is 0 Å². The van der Waals surface area contributed by atoms with Crippen LogP contribution in [0, 0.1) is 0 Å². The van der Waals surface area contributed by atoms with Gasteiger partial charge in [0.05, 0.1) is 26.1 Å². The summed E-state index contributed by atoms with van der Waals surface area (Å²) in [5.41, 5.74) is 4.52. The molecule has 1 aromatic heterocycles. The number of ether oxygens (including phenoxy) is 2. The van der Waals surface area contributed by atoms with E-state index in [1.807, 2.05) is 30.5 Å². The highest BCUT2D eigenvalue weighted by Gasteiger charge is 2.03. The molecule has 4 heteroatoms. The largest absolute Gasteiger partial charge is 0.497 e. The molecule has 0 radical (unpaired) electrons. The van der Waals surface area contributed by atoms with Gasteiger partial charge in [-0.1, -0.05) is 24.3 Å². The lowest BCUT2D eigenvalue weighted by Gasteiger charge is -2.06. The molecule has 3 aromatic rings. The van der Waals surface area contributed by atoms with E-state index in [4.69, 9.17) is 9.47 Å². The third-order valence-electron chi connectivity index (χ3n) is 3.87. The first-order valence-electron chi connectivity index (χ1n) is 7.83. The lowest BCUT2D eigenvalue weighted by molar-refractivity contribution is 0.414. The second kappa shape index (κ2) is 7.59. The van der Waals surface area contributed by atoms with Crippen molar-refractivity contribution in [3.05, 3.63) is 83.2 Å². The van der Waals surface area contributed by atoms with Crippen molar-refractivity contribution in [1.29, 1.82) is 0 Å². The highest BCUT2D eigenvalue weighted by molar-refractivity contribution is 5.33. The van der Waals surface area contributed by atoms with Crippen molar-refractivity contribution in [3.63, 3.8) is 0 Å². The quantitative estimate of drug-likeness (QED) is 0.695. The van der Waals surface area contributed by atoms with Crippen LogP contribution in [-0.4, -0.2) is 24.4 Å². The van der Waals surface area contributed by atoms with Crippen molar-refractivity contribution in [3.8, 4) is 11.5 Å². The van der Waals surface area contributed by atoms with Crippen molar-refractivity contribution < 1.29 is 9.47 Å². The fraction of sp³-hybridized carbons (Fsp3) is 0.200. The van der Waals surface area contributed by atoms with E-state index in [2.05, 4.69) is 40.5 Å². The Morgan fingerprint density at radius 3 is 1.79 bits per heavy atom. The summed E-state index contributed by atoms with van der Waals surface area (Å²) in [7, 11) is 3.34. The minimum Gasteiger partial charge on any atom is -0.497 e. The molecule has 0 amide bonds. The molecule has 0 saturated carbocycles. The van der Waals surface area contributed by atoms with E-state index in [1.54, 1.807) is 14.2 Å². The molecule has 0 N–H and O–H groups in total. The average Bonchev–Trinajstić information content (AvgIpc) is 2.63. The molecule has 0 aliphatic rings. The van der Waals surface area contributed by atoms with E-state index in [1.165, 1.54) is 11.1 Å². The van der Waals surface area contributed by atoms with Crippen LogP contribution in [0.3, 0.4) is 0 Å². The molecule has 3 rings (SSSR count). The minimum absolute atomic E-state index is 0.757. The average molecular weight is 320 g/mol. The van der Waals surface area contributed by atoms with Gasteiger partial charge in [-0.25, -0.2) is 0 Å². The number of nitrogens with zero attached hydrogens (tertiary/aromatic N) is 2. The maximum absolute atomic E-state index is 5.19. The first-order chi connectivity index (χ1) is 11.8. The van der Waals surface area contributed by atoms with Crippen LogP contribution in [-0.2, 0) is 12.8 Å². The molecule has 0 saturated heterocycles. The van der Waals surface area contributed by atoms with Crippen LogP contribution >= 0.6 is 0 Å². The van der Waals surface area contributed by atoms with Gasteiger partial charge in [0.15, 0.2) is 0 Å². The smallest absolute Gasteiger partial charge is 0.118 e. The normalized spacial score (nSPS) is 10.4. The summed E-state index contributed by atoms with van der Waals surface area (Å²) in [6, 6.07) is 18.2. The Bertz CT molecular complexity index is 719. The van der Waals surface area contributed by atoms with Crippen LogP contribution in [0.5, 0.6) is 11.5 Å². The standard InChI is InChI=1S/C20H20N2O2/c1-23-19-7-3-15(4-8-19)11-17-13-18(22-21-14-17)12-16-5-9-20(24-2)10-6-16/h3-10,13-14H,11-12H2,1-2H3. The summed E-state index contributed by atoms with van der Waals surface area (Å²) < 4.78 is 10.4. The number of methoxy groups -OCH3 is 2. The first-order valence-corrected chi connectivity index (χ1v) is 7.83. The molecule has 0 unspecified atom stereocenters. The molecule has 1 heterocycles. The monoisotopic (exact) mass is 320 g/mol. The first kappa shape index (κ1) is 16.0. The van der Waals surface area contributed by atoms with E-state index < -0.39 is 0 Å². The lowest BCUT2D eigenvalue weighted by Crippen LogP contribution is -1.98. The highest BCUT2D eigenvalue weighted by Crippen LogP contribution is 2.17. The van der Waals surface area contributed by atoms with Gasteiger partial charge in [-0.3, -0.25) is 0 Å². The van der Waals surface area contributed by atoms with Gasteiger partial charge in [-0.2, -0.15) is 10.2 Å². The zero-order valence-corrected chi connectivity index (χ0v) is 13.9. The van der Waals surface area contributed by atoms with Gasteiger partial charge in [0, 0.05) is 6.42 Å². The van der Waals surface area contributed by atoms with Gasteiger partial charge in [0.2, 0.25) is 0 Å². The molecule has 24 heavy (non-hydrogen) atoms. The summed E-state index contributed by atoms with van der Waals surface area (Å²) in [6.45, 7) is 0. The molecule has 0 aliphatic carbocycles. The molecule has 0 atom stereocenters. The zero-order chi connectivity index (χ0) is 16.8. The predicted molar refractivity (Wildman–Crippen MR) is 93.6 cm³/mol. The minimum atomic E-state index is 0.757. The second-order valence-corrected chi connectivity index (χ2v) is 5.60. The molecule has 0 bridgehead atoms. The number of aromatic nitrogens is 2. The van der Waals surface area contributed by atoms with Gasteiger partial charge < -0.3 is 9.47 Å². The van der Waals surface area contributed by atoms with Crippen molar-refractivity contribution in [2.45, 2.75) is 12.8 Å². The van der Waals surface area contributed by atoms with Crippen LogP contribution in [0.4, 0.5) is 0 Å². The van der Waals surface area contributed by atoms with E-state index in [0.717, 1.165) is 35.6 Å². The molecule has 0 spiro atoms. The summed E-state index contributed by atoms with van der Waals surface area (Å²) in [6.07, 6.45) is 3.41. The fourth-order valence-corrected chi connectivity index (χ4v) is 2.57. The van der Waals surface area contributed by atoms with Gasteiger partial charge in [0.1, 0.15) is 11.5 Å². The van der Waals surface area contributed by atoms with E-state index in [0.29, 0.717) is 0 Å². The van der Waals surface area contributed by atoms with Crippen LogP contribution in [0.15, 0.2) is 60.8 Å².